The topological polar surface area (TPSA) is 59.3 Å². The molecule has 1 rings (SSSR count). The molecule has 0 aromatic heterocycles. The fourth-order valence-corrected chi connectivity index (χ4v) is 1.46. The monoisotopic (exact) mass is 237 g/mol. The van der Waals surface area contributed by atoms with Gasteiger partial charge >= 0.3 is 5.97 Å². The van der Waals surface area contributed by atoms with Gasteiger partial charge in [0.1, 0.15) is 17.6 Å². The highest BCUT2D eigenvalue weighted by Crippen LogP contribution is 2.28. The molecule has 90 valence electrons. The quantitative estimate of drug-likeness (QED) is 0.754. The lowest BCUT2D eigenvalue weighted by atomic mass is 9.98. The molecule has 5 heteroatoms. The van der Waals surface area contributed by atoms with Gasteiger partial charge in [-0.3, -0.25) is 4.79 Å². The molecular weight excluding hydrogens is 225 g/mol. The Morgan fingerprint density at radius 2 is 2.12 bits per heavy atom. The number of esters is 1. The van der Waals surface area contributed by atoms with Crippen LogP contribution in [0.4, 0.5) is 4.39 Å². The molecule has 0 N–H and O–H groups in total. The maximum absolute atomic E-state index is 13.7. The van der Waals surface area contributed by atoms with E-state index in [-0.39, 0.29) is 16.9 Å². The summed E-state index contributed by atoms with van der Waals surface area (Å²) in [5.74, 6) is -1.68. The second kappa shape index (κ2) is 5.30. The Kier molecular flexibility index (Phi) is 4.05. The minimum atomic E-state index is -0.748. The normalized spacial score (nSPS) is 11.5. The van der Waals surface area contributed by atoms with E-state index < -0.39 is 17.7 Å². The predicted molar refractivity (Wildman–Crippen MR) is 58.1 cm³/mol. The summed E-state index contributed by atoms with van der Waals surface area (Å²) in [6.07, 6.45) is 0. The molecule has 0 radical (unpaired) electrons. The van der Waals surface area contributed by atoms with Gasteiger partial charge < -0.3 is 9.47 Å². The molecule has 1 unspecified atom stereocenters. The molecule has 0 spiro atoms. The number of halogens is 1. The molecule has 1 aromatic rings. The number of ether oxygens (including phenoxy) is 2. The van der Waals surface area contributed by atoms with Crippen molar-refractivity contribution in [2.45, 2.75) is 12.8 Å². The molecule has 0 saturated carbocycles. The van der Waals surface area contributed by atoms with Gasteiger partial charge in [-0.15, -0.1) is 0 Å². The summed E-state index contributed by atoms with van der Waals surface area (Å²) in [5.41, 5.74) is 0.235. The number of hydrogen-bond acceptors (Lipinski definition) is 4. The first-order valence-corrected chi connectivity index (χ1v) is 4.90. The van der Waals surface area contributed by atoms with E-state index in [9.17, 15) is 9.18 Å². The first kappa shape index (κ1) is 13.0. The molecule has 1 atom stereocenters. The van der Waals surface area contributed by atoms with Crippen LogP contribution in [-0.4, -0.2) is 20.2 Å². The highest BCUT2D eigenvalue weighted by atomic mass is 19.1. The van der Waals surface area contributed by atoms with Crippen LogP contribution in [0.2, 0.25) is 0 Å². The lowest BCUT2D eigenvalue weighted by molar-refractivity contribution is -0.142. The number of nitrogens with zero attached hydrogens (tertiary/aromatic N) is 1. The van der Waals surface area contributed by atoms with Gasteiger partial charge in [0.15, 0.2) is 0 Å². The van der Waals surface area contributed by atoms with Crippen molar-refractivity contribution in [3.63, 3.8) is 0 Å². The van der Waals surface area contributed by atoms with E-state index in [0.717, 1.165) is 6.07 Å². The third-order valence-electron chi connectivity index (χ3n) is 2.46. The van der Waals surface area contributed by atoms with Crippen LogP contribution in [-0.2, 0) is 9.53 Å². The van der Waals surface area contributed by atoms with E-state index in [1.807, 2.05) is 6.07 Å². The average Bonchev–Trinajstić information content (AvgIpc) is 2.36. The highest BCUT2D eigenvalue weighted by Gasteiger charge is 2.21. The fraction of sp³-hybridized carbons (Fsp3) is 0.333. The van der Waals surface area contributed by atoms with Crippen molar-refractivity contribution in [2.75, 3.05) is 14.2 Å². The molecule has 17 heavy (non-hydrogen) atoms. The maximum atomic E-state index is 13.7. The lowest BCUT2D eigenvalue weighted by Crippen LogP contribution is -2.12. The van der Waals surface area contributed by atoms with Gasteiger partial charge in [-0.1, -0.05) is 0 Å². The average molecular weight is 237 g/mol. The number of benzene rings is 1. The smallest absolute Gasteiger partial charge is 0.312 e. The van der Waals surface area contributed by atoms with Crippen molar-refractivity contribution >= 4 is 5.97 Å². The van der Waals surface area contributed by atoms with Crippen LogP contribution in [0.5, 0.6) is 5.75 Å². The fourth-order valence-electron chi connectivity index (χ4n) is 1.46. The van der Waals surface area contributed by atoms with Crippen LogP contribution in [0, 0.1) is 17.1 Å². The van der Waals surface area contributed by atoms with Gasteiger partial charge in [-0.05, 0) is 19.1 Å². The number of carbonyl (C=O) groups excluding carboxylic acids is 1. The molecule has 0 amide bonds. The van der Waals surface area contributed by atoms with E-state index in [0.29, 0.717) is 0 Å². The Balaban J connectivity index is 3.27. The van der Waals surface area contributed by atoms with Crippen molar-refractivity contribution in [1.29, 1.82) is 5.26 Å². The number of carbonyl (C=O) groups is 1. The molecule has 0 heterocycles. The van der Waals surface area contributed by atoms with Crippen molar-refractivity contribution in [3.05, 3.63) is 29.1 Å². The van der Waals surface area contributed by atoms with E-state index in [1.54, 1.807) is 0 Å². The first-order valence-electron chi connectivity index (χ1n) is 4.90. The van der Waals surface area contributed by atoms with Gasteiger partial charge in [-0.2, -0.15) is 5.26 Å². The Labute approximate surface area is 98.6 Å². The van der Waals surface area contributed by atoms with Crippen LogP contribution in [0.1, 0.15) is 24.0 Å². The molecular formula is C12H12FNO3. The first-order chi connectivity index (χ1) is 8.04. The Morgan fingerprint density at radius 1 is 1.47 bits per heavy atom. The van der Waals surface area contributed by atoms with Gasteiger partial charge in [0.05, 0.1) is 25.7 Å². The SMILES string of the molecule is COC(=O)C(C)c1cc(OC)c(C#N)cc1F. The standard InChI is InChI=1S/C12H12FNO3/c1-7(12(15)17-3)9-5-11(16-2)8(6-14)4-10(9)13/h4-5,7H,1-3H3. The molecule has 1 aromatic carbocycles. The predicted octanol–water partition coefficient (Wildman–Crippen LogP) is 1.98. The van der Waals surface area contributed by atoms with Crippen LogP contribution < -0.4 is 4.74 Å². The molecule has 0 bridgehead atoms. The largest absolute Gasteiger partial charge is 0.495 e. The van der Waals surface area contributed by atoms with E-state index in [2.05, 4.69) is 4.74 Å². The number of methoxy groups -OCH3 is 2. The Morgan fingerprint density at radius 3 is 2.59 bits per heavy atom. The van der Waals surface area contributed by atoms with Crippen LogP contribution >= 0.6 is 0 Å². The lowest BCUT2D eigenvalue weighted by Gasteiger charge is -2.12. The molecule has 0 saturated heterocycles. The maximum Gasteiger partial charge on any atom is 0.312 e. The van der Waals surface area contributed by atoms with Gasteiger partial charge in [0.25, 0.3) is 0 Å². The summed E-state index contributed by atoms with van der Waals surface area (Å²) in [5, 5.41) is 8.77. The summed E-state index contributed by atoms with van der Waals surface area (Å²) in [6, 6.07) is 4.21. The summed E-state index contributed by atoms with van der Waals surface area (Å²) < 4.78 is 23.2. The minimum Gasteiger partial charge on any atom is -0.495 e. The van der Waals surface area contributed by atoms with E-state index in [4.69, 9.17) is 10.00 Å². The molecule has 0 aliphatic heterocycles. The van der Waals surface area contributed by atoms with Crippen molar-refractivity contribution in [3.8, 4) is 11.8 Å². The van der Waals surface area contributed by atoms with Gasteiger partial charge in [0, 0.05) is 5.56 Å². The molecule has 0 fully saturated rings. The van der Waals surface area contributed by atoms with Crippen molar-refractivity contribution in [2.24, 2.45) is 0 Å². The van der Waals surface area contributed by atoms with Gasteiger partial charge in [-0.25, -0.2) is 4.39 Å². The second-order valence-corrected chi connectivity index (χ2v) is 3.43. The Bertz CT molecular complexity index is 479. The highest BCUT2D eigenvalue weighted by molar-refractivity contribution is 5.78. The van der Waals surface area contributed by atoms with Gasteiger partial charge in [0.2, 0.25) is 0 Å². The second-order valence-electron chi connectivity index (χ2n) is 3.43. The summed E-state index contributed by atoms with van der Waals surface area (Å²) in [6.45, 7) is 1.52. The zero-order valence-electron chi connectivity index (χ0n) is 9.78. The number of rotatable bonds is 3. The van der Waals surface area contributed by atoms with Crippen molar-refractivity contribution in [1.82, 2.24) is 0 Å². The zero-order chi connectivity index (χ0) is 13.0. The zero-order valence-corrected chi connectivity index (χ0v) is 9.78. The van der Waals surface area contributed by atoms with Crippen LogP contribution in [0.25, 0.3) is 0 Å². The third kappa shape index (κ3) is 2.53. The molecule has 0 aliphatic carbocycles. The summed E-state index contributed by atoms with van der Waals surface area (Å²) >= 11 is 0. The van der Waals surface area contributed by atoms with Crippen molar-refractivity contribution < 1.29 is 18.7 Å². The number of nitriles is 1. The molecule has 4 nitrogen and oxygen atoms in total. The van der Waals surface area contributed by atoms with Crippen LogP contribution in [0.15, 0.2) is 12.1 Å². The Hall–Kier alpha value is -2.09. The third-order valence-corrected chi connectivity index (χ3v) is 2.46. The van der Waals surface area contributed by atoms with Crippen LogP contribution in [0.3, 0.4) is 0 Å². The summed E-state index contributed by atoms with van der Waals surface area (Å²) in [4.78, 5) is 11.3. The summed E-state index contributed by atoms with van der Waals surface area (Å²) in [7, 11) is 2.61. The number of hydrogen-bond donors (Lipinski definition) is 0. The van der Waals surface area contributed by atoms with E-state index in [1.165, 1.54) is 27.2 Å². The van der Waals surface area contributed by atoms with E-state index >= 15 is 0 Å². The molecule has 0 aliphatic rings. The minimum absolute atomic E-state index is 0.0887.